The Hall–Kier alpha value is -3.02. The summed E-state index contributed by atoms with van der Waals surface area (Å²) in [6.45, 7) is 5.79. The Balaban J connectivity index is 1.69. The first-order chi connectivity index (χ1) is 12.4. The number of aryl methyl sites for hydroxylation is 1. The van der Waals surface area contributed by atoms with Gasteiger partial charge in [-0.05, 0) is 37.1 Å². The van der Waals surface area contributed by atoms with E-state index in [-0.39, 0.29) is 18.6 Å². The van der Waals surface area contributed by atoms with Gasteiger partial charge < -0.3 is 19.5 Å². The fourth-order valence-corrected chi connectivity index (χ4v) is 2.55. The molecular weight excluding hydrogens is 334 g/mol. The SMILES string of the molecule is Cc1ccc(C(=O)NC(C(=O)Oc2ccc3c(c2)OCO3)C(C)C)cc1. The van der Waals surface area contributed by atoms with Gasteiger partial charge in [-0.25, -0.2) is 4.79 Å². The van der Waals surface area contributed by atoms with Crippen LogP contribution >= 0.6 is 0 Å². The van der Waals surface area contributed by atoms with Crippen molar-refractivity contribution >= 4 is 11.9 Å². The third-order valence-electron chi connectivity index (χ3n) is 4.08. The number of nitrogens with one attached hydrogen (secondary N) is 1. The number of fused-ring (bicyclic) bond motifs is 1. The van der Waals surface area contributed by atoms with Crippen LogP contribution in [0.15, 0.2) is 42.5 Å². The molecule has 0 aromatic heterocycles. The summed E-state index contributed by atoms with van der Waals surface area (Å²) < 4.78 is 15.9. The molecule has 1 atom stereocenters. The number of hydrogen-bond donors (Lipinski definition) is 1. The smallest absolute Gasteiger partial charge is 0.334 e. The van der Waals surface area contributed by atoms with Crippen LogP contribution in [-0.4, -0.2) is 24.7 Å². The largest absolute Gasteiger partial charge is 0.454 e. The summed E-state index contributed by atoms with van der Waals surface area (Å²) in [5.41, 5.74) is 1.56. The normalized spacial score (nSPS) is 13.4. The van der Waals surface area contributed by atoms with E-state index in [1.54, 1.807) is 30.3 Å². The van der Waals surface area contributed by atoms with Crippen LogP contribution in [0.3, 0.4) is 0 Å². The van der Waals surface area contributed by atoms with Gasteiger partial charge in [-0.3, -0.25) is 4.79 Å². The third kappa shape index (κ3) is 3.96. The van der Waals surface area contributed by atoms with Gasteiger partial charge in [0.05, 0.1) is 0 Å². The Morgan fingerprint density at radius 1 is 1.04 bits per heavy atom. The van der Waals surface area contributed by atoms with Gasteiger partial charge in [0, 0.05) is 11.6 Å². The average Bonchev–Trinajstić information content (AvgIpc) is 3.07. The molecular formula is C20H21NO5. The second-order valence-corrected chi connectivity index (χ2v) is 6.50. The molecule has 1 amide bonds. The standard InChI is InChI=1S/C20H21NO5/c1-12(2)18(21-19(22)14-6-4-13(3)5-7-14)20(23)26-15-8-9-16-17(10-15)25-11-24-16/h4-10,12,18H,11H2,1-3H3,(H,21,22). The number of hydrogen-bond acceptors (Lipinski definition) is 5. The second kappa shape index (κ2) is 7.47. The summed E-state index contributed by atoms with van der Waals surface area (Å²) >= 11 is 0. The highest BCUT2D eigenvalue weighted by Gasteiger charge is 2.27. The Morgan fingerprint density at radius 2 is 1.73 bits per heavy atom. The zero-order chi connectivity index (χ0) is 18.7. The summed E-state index contributed by atoms with van der Waals surface area (Å²) in [7, 11) is 0. The van der Waals surface area contributed by atoms with Crippen LogP contribution in [0.25, 0.3) is 0 Å². The van der Waals surface area contributed by atoms with Crippen molar-refractivity contribution in [3.8, 4) is 17.2 Å². The summed E-state index contributed by atoms with van der Waals surface area (Å²) in [6, 6.07) is 11.3. The molecule has 2 aromatic rings. The molecule has 0 radical (unpaired) electrons. The minimum Gasteiger partial charge on any atom is -0.454 e. The number of amides is 1. The number of ether oxygens (including phenoxy) is 3. The molecule has 1 heterocycles. The highest BCUT2D eigenvalue weighted by atomic mass is 16.7. The van der Waals surface area contributed by atoms with Crippen molar-refractivity contribution in [3.63, 3.8) is 0 Å². The van der Waals surface area contributed by atoms with Crippen LogP contribution in [0.2, 0.25) is 0 Å². The summed E-state index contributed by atoms with van der Waals surface area (Å²) in [5, 5.41) is 2.76. The summed E-state index contributed by atoms with van der Waals surface area (Å²) in [6.07, 6.45) is 0. The zero-order valence-corrected chi connectivity index (χ0v) is 14.9. The number of esters is 1. The topological polar surface area (TPSA) is 73.9 Å². The van der Waals surface area contributed by atoms with Gasteiger partial charge >= 0.3 is 5.97 Å². The molecule has 0 fully saturated rings. The summed E-state index contributed by atoms with van der Waals surface area (Å²) in [5.74, 6) is 0.504. The molecule has 2 aromatic carbocycles. The van der Waals surface area contributed by atoms with Crippen molar-refractivity contribution in [2.45, 2.75) is 26.8 Å². The van der Waals surface area contributed by atoms with Gasteiger partial charge in [-0.2, -0.15) is 0 Å². The molecule has 0 saturated heterocycles. The molecule has 0 spiro atoms. The minimum atomic E-state index is -0.769. The molecule has 0 aliphatic carbocycles. The van der Waals surface area contributed by atoms with Gasteiger partial charge in [0.2, 0.25) is 6.79 Å². The van der Waals surface area contributed by atoms with Crippen LogP contribution < -0.4 is 19.5 Å². The second-order valence-electron chi connectivity index (χ2n) is 6.50. The van der Waals surface area contributed by atoms with E-state index in [9.17, 15) is 9.59 Å². The van der Waals surface area contributed by atoms with Crippen molar-refractivity contribution in [3.05, 3.63) is 53.6 Å². The molecule has 1 unspecified atom stereocenters. The van der Waals surface area contributed by atoms with Crippen molar-refractivity contribution in [1.29, 1.82) is 0 Å². The molecule has 3 rings (SSSR count). The van der Waals surface area contributed by atoms with E-state index in [4.69, 9.17) is 14.2 Å². The predicted octanol–water partition coefficient (Wildman–Crippen LogP) is 3.08. The van der Waals surface area contributed by atoms with Crippen LogP contribution in [0.5, 0.6) is 17.2 Å². The lowest BCUT2D eigenvalue weighted by atomic mass is 10.0. The Labute approximate surface area is 152 Å². The van der Waals surface area contributed by atoms with E-state index in [1.165, 1.54) is 0 Å². The maximum absolute atomic E-state index is 12.6. The maximum Gasteiger partial charge on any atom is 0.334 e. The first-order valence-electron chi connectivity index (χ1n) is 8.43. The monoisotopic (exact) mass is 355 g/mol. The van der Waals surface area contributed by atoms with E-state index in [1.807, 2.05) is 32.9 Å². The van der Waals surface area contributed by atoms with Crippen LogP contribution in [0, 0.1) is 12.8 Å². The lowest BCUT2D eigenvalue weighted by Crippen LogP contribution is -2.46. The van der Waals surface area contributed by atoms with E-state index in [0.29, 0.717) is 22.8 Å². The number of carbonyl (C=O) groups excluding carboxylic acids is 2. The summed E-state index contributed by atoms with van der Waals surface area (Å²) in [4.78, 5) is 25.0. The van der Waals surface area contributed by atoms with Crippen LogP contribution in [0.1, 0.15) is 29.8 Å². The third-order valence-corrected chi connectivity index (χ3v) is 4.08. The van der Waals surface area contributed by atoms with Gasteiger partial charge in [0.25, 0.3) is 5.91 Å². The molecule has 0 bridgehead atoms. The van der Waals surface area contributed by atoms with Gasteiger partial charge in [-0.15, -0.1) is 0 Å². The number of carbonyl (C=O) groups is 2. The van der Waals surface area contributed by atoms with Gasteiger partial charge in [0.15, 0.2) is 11.5 Å². The van der Waals surface area contributed by atoms with Crippen molar-refractivity contribution in [2.75, 3.05) is 6.79 Å². The van der Waals surface area contributed by atoms with Gasteiger partial charge in [0.1, 0.15) is 11.8 Å². The van der Waals surface area contributed by atoms with E-state index >= 15 is 0 Å². The fraction of sp³-hybridized carbons (Fsp3) is 0.300. The quantitative estimate of drug-likeness (QED) is 0.659. The molecule has 136 valence electrons. The molecule has 26 heavy (non-hydrogen) atoms. The number of rotatable bonds is 5. The Bertz CT molecular complexity index is 813. The van der Waals surface area contributed by atoms with Crippen molar-refractivity contribution < 1.29 is 23.8 Å². The minimum absolute atomic E-state index is 0.133. The number of benzene rings is 2. The van der Waals surface area contributed by atoms with Gasteiger partial charge in [-0.1, -0.05) is 31.5 Å². The Kier molecular flexibility index (Phi) is 5.11. The lowest BCUT2D eigenvalue weighted by molar-refractivity contribution is -0.137. The van der Waals surface area contributed by atoms with E-state index < -0.39 is 12.0 Å². The van der Waals surface area contributed by atoms with E-state index in [2.05, 4.69) is 5.32 Å². The molecule has 6 heteroatoms. The highest BCUT2D eigenvalue weighted by molar-refractivity contribution is 5.97. The van der Waals surface area contributed by atoms with Crippen LogP contribution in [0.4, 0.5) is 0 Å². The lowest BCUT2D eigenvalue weighted by Gasteiger charge is -2.21. The molecule has 0 saturated carbocycles. The van der Waals surface area contributed by atoms with Crippen molar-refractivity contribution in [1.82, 2.24) is 5.32 Å². The maximum atomic E-state index is 12.6. The predicted molar refractivity (Wildman–Crippen MR) is 95.5 cm³/mol. The van der Waals surface area contributed by atoms with Crippen molar-refractivity contribution in [2.24, 2.45) is 5.92 Å². The van der Waals surface area contributed by atoms with E-state index in [0.717, 1.165) is 5.56 Å². The first-order valence-corrected chi connectivity index (χ1v) is 8.43. The zero-order valence-electron chi connectivity index (χ0n) is 14.9. The average molecular weight is 355 g/mol. The molecule has 6 nitrogen and oxygen atoms in total. The van der Waals surface area contributed by atoms with Crippen LogP contribution in [-0.2, 0) is 4.79 Å². The molecule has 1 aliphatic rings. The first kappa shape index (κ1) is 17.8. The Morgan fingerprint density at radius 3 is 2.42 bits per heavy atom. The fourth-order valence-electron chi connectivity index (χ4n) is 2.55. The highest BCUT2D eigenvalue weighted by Crippen LogP contribution is 2.35. The molecule has 1 N–H and O–H groups in total. The molecule has 1 aliphatic heterocycles.